The van der Waals surface area contributed by atoms with Crippen molar-refractivity contribution < 1.29 is 19.1 Å². The molecule has 2 aliphatic rings. The maximum atomic E-state index is 12.7. The quantitative estimate of drug-likeness (QED) is 0.806. The van der Waals surface area contributed by atoms with Crippen molar-refractivity contribution in [2.45, 2.75) is 64.5 Å². The van der Waals surface area contributed by atoms with Crippen LogP contribution in [-0.4, -0.2) is 36.5 Å². The van der Waals surface area contributed by atoms with Crippen LogP contribution in [0.2, 0.25) is 0 Å². The summed E-state index contributed by atoms with van der Waals surface area (Å²) in [4.78, 5) is 38.8. The van der Waals surface area contributed by atoms with Gasteiger partial charge in [-0.25, -0.2) is 4.79 Å². The van der Waals surface area contributed by atoms with Crippen molar-refractivity contribution in [3.8, 4) is 0 Å². The van der Waals surface area contributed by atoms with Gasteiger partial charge in [0.05, 0.1) is 11.3 Å². The lowest BCUT2D eigenvalue weighted by Gasteiger charge is -2.30. The van der Waals surface area contributed by atoms with Gasteiger partial charge in [0.15, 0.2) is 6.10 Å². The highest BCUT2D eigenvalue weighted by Crippen LogP contribution is 2.27. The molecule has 1 aromatic rings. The molecule has 146 valence electrons. The summed E-state index contributed by atoms with van der Waals surface area (Å²) in [6.45, 7) is 4.33. The molecule has 1 saturated carbocycles. The number of ether oxygens (including phenoxy) is 1. The third-order valence-corrected chi connectivity index (χ3v) is 5.58. The highest BCUT2D eigenvalue weighted by Gasteiger charge is 2.29. The molecule has 0 aromatic heterocycles. The molecule has 1 aliphatic heterocycles. The summed E-state index contributed by atoms with van der Waals surface area (Å²) in [6, 6.07) is 7.04. The van der Waals surface area contributed by atoms with Gasteiger partial charge in [-0.2, -0.15) is 0 Å². The maximum absolute atomic E-state index is 12.7. The molecule has 6 heteroatoms. The van der Waals surface area contributed by atoms with Crippen molar-refractivity contribution in [1.82, 2.24) is 5.32 Å². The first kappa shape index (κ1) is 19.4. The lowest BCUT2D eigenvalue weighted by molar-refractivity contribution is -0.130. The van der Waals surface area contributed by atoms with Gasteiger partial charge in [0.2, 0.25) is 5.91 Å². The normalized spacial score (nSPS) is 23.8. The molecular formula is C21H28N2O4. The Morgan fingerprint density at radius 3 is 2.63 bits per heavy atom. The number of carbonyl (C=O) groups excluding carboxylic acids is 3. The van der Waals surface area contributed by atoms with Crippen LogP contribution in [0.25, 0.3) is 0 Å². The topological polar surface area (TPSA) is 75.7 Å². The molecule has 1 aromatic carbocycles. The minimum atomic E-state index is -0.881. The van der Waals surface area contributed by atoms with Gasteiger partial charge in [-0.05, 0) is 44.2 Å². The number of anilines is 1. The number of hydrogen-bond donors (Lipinski definition) is 1. The first-order valence-corrected chi connectivity index (χ1v) is 9.88. The van der Waals surface area contributed by atoms with E-state index in [4.69, 9.17) is 4.74 Å². The standard InChI is InChI=1S/C21H28N2O4/c1-14-8-3-5-10-17(14)22-20(25)15(2)27-21(26)16-9-4-6-11-18(16)23-13-7-12-19(23)24/h4,6,9,11,14-15,17H,3,5,7-8,10,12-13H2,1-2H3,(H,22,25)/t14-,15-,17+/m1/s1. The number of esters is 1. The van der Waals surface area contributed by atoms with Crippen LogP contribution in [0.5, 0.6) is 0 Å². The van der Waals surface area contributed by atoms with Crippen LogP contribution in [-0.2, 0) is 14.3 Å². The molecule has 2 fully saturated rings. The molecular weight excluding hydrogens is 344 g/mol. The van der Waals surface area contributed by atoms with Gasteiger partial charge in [-0.15, -0.1) is 0 Å². The Morgan fingerprint density at radius 2 is 1.93 bits per heavy atom. The van der Waals surface area contributed by atoms with E-state index in [-0.39, 0.29) is 17.9 Å². The molecule has 3 rings (SSSR count). The van der Waals surface area contributed by atoms with Crippen molar-refractivity contribution >= 4 is 23.5 Å². The van der Waals surface area contributed by atoms with E-state index in [1.54, 1.807) is 36.1 Å². The van der Waals surface area contributed by atoms with Gasteiger partial charge < -0.3 is 15.0 Å². The fourth-order valence-electron chi connectivity index (χ4n) is 3.89. The van der Waals surface area contributed by atoms with Gasteiger partial charge in [0.25, 0.3) is 5.91 Å². The number of nitrogens with one attached hydrogen (secondary N) is 1. The zero-order valence-electron chi connectivity index (χ0n) is 16.1. The molecule has 27 heavy (non-hydrogen) atoms. The fraction of sp³-hybridized carbons (Fsp3) is 0.571. The van der Waals surface area contributed by atoms with Crippen molar-refractivity contribution in [2.24, 2.45) is 5.92 Å². The Morgan fingerprint density at radius 1 is 1.19 bits per heavy atom. The number of amides is 2. The predicted octanol–water partition coefficient (Wildman–Crippen LogP) is 3.05. The second-order valence-corrected chi connectivity index (χ2v) is 7.59. The predicted molar refractivity (Wildman–Crippen MR) is 102 cm³/mol. The number of hydrogen-bond acceptors (Lipinski definition) is 4. The lowest BCUT2D eigenvalue weighted by Crippen LogP contribution is -2.46. The van der Waals surface area contributed by atoms with Crippen LogP contribution in [0.4, 0.5) is 5.69 Å². The molecule has 6 nitrogen and oxygen atoms in total. The summed E-state index contributed by atoms with van der Waals surface area (Å²) in [5, 5.41) is 3.02. The molecule has 2 amide bonds. The average molecular weight is 372 g/mol. The van der Waals surface area contributed by atoms with Gasteiger partial charge in [-0.3, -0.25) is 9.59 Å². The maximum Gasteiger partial charge on any atom is 0.341 e. The zero-order chi connectivity index (χ0) is 19.4. The second kappa shape index (κ2) is 8.55. The number of para-hydroxylation sites is 1. The van der Waals surface area contributed by atoms with E-state index in [1.807, 2.05) is 0 Å². The summed E-state index contributed by atoms with van der Waals surface area (Å²) < 4.78 is 5.42. The largest absolute Gasteiger partial charge is 0.449 e. The van der Waals surface area contributed by atoms with Gasteiger partial charge in [0, 0.05) is 19.0 Å². The Labute approximate surface area is 160 Å². The van der Waals surface area contributed by atoms with E-state index in [2.05, 4.69) is 12.2 Å². The minimum absolute atomic E-state index is 0.00678. The zero-order valence-corrected chi connectivity index (χ0v) is 16.1. The van der Waals surface area contributed by atoms with Crippen LogP contribution in [0, 0.1) is 5.92 Å². The Bertz CT molecular complexity index is 718. The third-order valence-electron chi connectivity index (χ3n) is 5.58. The van der Waals surface area contributed by atoms with Crippen LogP contribution in [0.1, 0.15) is 62.7 Å². The first-order chi connectivity index (χ1) is 13.0. The Balaban J connectivity index is 1.64. The Kier molecular flexibility index (Phi) is 6.14. The monoisotopic (exact) mass is 372 g/mol. The molecule has 0 unspecified atom stereocenters. The van der Waals surface area contributed by atoms with Crippen LogP contribution in [0.3, 0.4) is 0 Å². The number of carbonyl (C=O) groups is 3. The van der Waals surface area contributed by atoms with Gasteiger partial charge in [0.1, 0.15) is 0 Å². The minimum Gasteiger partial charge on any atom is -0.449 e. The summed E-state index contributed by atoms with van der Waals surface area (Å²) in [7, 11) is 0. The molecule has 1 heterocycles. The van der Waals surface area contributed by atoms with E-state index >= 15 is 0 Å². The SMILES string of the molecule is C[C@@H]1CCCC[C@@H]1NC(=O)[C@@H](C)OC(=O)c1ccccc1N1CCCC1=O. The molecule has 1 aliphatic carbocycles. The van der Waals surface area contributed by atoms with E-state index in [0.717, 1.165) is 25.7 Å². The van der Waals surface area contributed by atoms with Crippen molar-refractivity contribution in [1.29, 1.82) is 0 Å². The molecule has 1 N–H and O–H groups in total. The van der Waals surface area contributed by atoms with Gasteiger partial charge in [-0.1, -0.05) is 31.9 Å². The van der Waals surface area contributed by atoms with Crippen LogP contribution in [0.15, 0.2) is 24.3 Å². The smallest absolute Gasteiger partial charge is 0.341 e. The van der Waals surface area contributed by atoms with E-state index in [9.17, 15) is 14.4 Å². The number of rotatable bonds is 5. The van der Waals surface area contributed by atoms with Crippen molar-refractivity contribution in [3.63, 3.8) is 0 Å². The summed E-state index contributed by atoms with van der Waals surface area (Å²) in [5.74, 6) is -0.402. The number of nitrogens with zero attached hydrogens (tertiary/aromatic N) is 1. The fourth-order valence-corrected chi connectivity index (χ4v) is 3.89. The highest BCUT2D eigenvalue weighted by atomic mass is 16.5. The molecule has 0 radical (unpaired) electrons. The highest BCUT2D eigenvalue weighted by molar-refractivity contribution is 6.04. The average Bonchev–Trinajstić information content (AvgIpc) is 3.09. The van der Waals surface area contributed by atoms with Crippen LogP contribution >= 0.6 is 0 Å². The number of benzene rings is 1. The van der Waals surface area contributed by atoms with Crippen molar-refractivity contribution in [3.05, 3.63) is 29.8 Å². The first-order valence-electron chi connectivity index (χ1n) is 9.88. The molecule has 1 saturated heterocycles. The Hall–Kier alpha value is -2.37. The summed E-state index contributed by atoms with van der Waals surface area (Å²) >= 11 is 0. The summed E-state index contributed by atoms with van der Waals surface area (Å²) in [5.41, 5.74) is 0.872. The summed E-state index contributed by atoms with van der Waals surface area (Å²) in [6.07, 6.45) is 4.77. The van der Waals surface area contributed by atoms with E-state index < -0.39 is 12.1 Å². The lowest BCUT2D eigenvalue weighted by atomic mass is 9.86. The van der Waals surface area contributed by atoms with Crippen molar-refractivity contribution in [2.75, 3.05) is 11.4 Å². The van der Waals surface area contributed by atoms with E-state index in [1.165, 1.54) is 6.42 Å². The molecule has 0 bridgehead atoms. The van der Waals surface area contributed by atoms with Crippen LogP contribution < -0.4 is 10.2 Å². The third kappa shape index (κ3) is 4.49. The van der Waals surface area contributed by atoms with Gasteiger partial charge >= 0.3 is 5.97 Å². The molecule has 3 atom stereocenters. The second-order valence-electron chi connectivity index (χ2n) is 7.59. The van der Waals surface area contributed by atoms with E-state index in [0.29, 0.717) is 30.1 Å². The molecule has 0 spiro atoms.